The lowest BCUT2D eigenvalue weighted by atomic mass is 10.00. The number of hydrogen-bond acceptors (Lipinski definition) is 5. The number of unbranched alkanes of at least 4 members (excludes halogenated alkanes) is 1. The molecule has 0 amide bonds. The van der Waals surface area contributed by atoms with Crippen molar-refractivity contribution >= 4 is 38.4 Å². The van der Waals surface area contributed by atoms with Crippen LogP contribution in [0.5, 0.6) is 0 Å². The molecule has 3 aromatic heterocycles. The molecule has 0 aliphatic carbocycles. The largest absolute Gasteiger partial charge is 0.611 e. The van der Waals surface area contributed by atoms with Gasteiger partial charge in [-0.3, -0.25) is 4.98 Å². The third kappa shape index (κ3) is 3.85. The zero-order valence-corrected chi connectivity index (χ0v) is 17.5. The smallest absolute Gasteiger partial charge is 0.232 e. The van der Waals surface area contributed by atoms with Gasteiger partial charge in [-0.25, -0.2) is 9.37 Å². The summed E-state index contributed by atoms with van der Waals surface area (Å²) in [6.45, 7) is 2.06. The van der Waals surface area contributed by atoms with Crippen LogP contribution in [0.1, 0.15) is 19.8 Å². The first kappa shape index (κ1) is 19.8. The van der Waals surface area contributed by atoms with Crippen molar-refractivity contribution in [3.63, 3.8) is 0 Å². The molecule has 0 bridgehead atoms. The van der Waals surface area contributed by atoms with Gasteiger partial charge in [0.1, 0.15) is 22.1 Å². The molecule has 7 heteroatoms. The standard InChI is InChI=1S/C22H20FN3OS2/c1-2-3-11-29(27)22-20(24)19-16(15-8-4-5-9-17(15)23)12-18(26-21(19)28-22)14-7-6-10-25-13-14/h4-10,12-13H,2-3,11,24H2,1H3. The lowest BCUT2D eigenvalue weighted by molar-refractivity contribution is 0.594. The quantitative estimate of drug-likeness (QED) is 0.405. The lowest BCUT2D eigenvalue weighted by Gasteiger charge is -2.10. The van der Waals surface area contributed by atoms with Gasteiger partial charge in [-0.15, -0.1) is 0 Å². The molecule has 0 saturated heterocycles. The molecule has 29 heavy (non-hydrogen) atoms. The Bertz CT molecular complexity index is 1150. The molecule has 2 N–H and O–H groups in total. The Kier molecular flexibility index (Phi) is 5.80. The van der Waals surface area contributed by atoms with Gasteiger partial charge in [-0.1, -0.05) is 42.9 Å². The third-order valence-electron chi connectivity index (χ3n) is 4.68. The van der Waals surface area contributed by atoms with Crippen molar-refractivity contribution in [2.75, 3.05) is 11.5 Å². The fourth-order valence-electron chi connectivity index (χ4n) is 3.19. The Labute approximate surface area is 175 Å². The van der Waals surface area contributed by atoms with E-state index in [-0.39, 0.29) is 5.82 Å². The van der Waals surface area contributed by atoms with Crippen LogP contribution in [0.4, 0.5) is 10.1 Å². The highest BCUT2D eigenvalue weighted by Crippen LogP contribution is 2.43. The van der Waals surface area contributed by atoms with Crippen molar-refractivity contribution < 1.29 is 8.94 Å². The summed E-state index contributed by atoms with van der Waals surface area (Å²) in [7, 11) is 0. The van der Waals surface area contributed by atoms with E-state index in [9.17, 15) is 8.94 Å². The summed E-state index contributed by atoms with van der Waals surface area (Å²) >= 11 is 0.126. The fourth-order valence-corrected chi connectivity index (χ4v) is 5.99. The molecule has 0 radical (unpaired) electrons. The van der Waals surface area contributed by atoms with E-state index in [4.69, 9.17) is 10.7 Å². The number of hydrogen-bond donors (Lipinski definition) is 1. The number of pyridine rings is 2. The number of halogens is 1. The molecular weight excluding hydrogens is 405 g/mol. The van der Waals surface area contributed by atoms with Crippen LogP contribution in [0.25, 0.3) is 32.6 Å². The summed E-state index contributed by atoms with van der Waals surface area (Å²) < 4.78 is 28.1. The number of nitrogen functional groups attached to an aromatic ring is 1. The van der Waals surface area contributed by atoms with E-state index in [0.717, 1.165) is 18.4 Å². The summed E-state index contributed by atoms with van der Waals surface area (Å²) in [6, 6.07) is 12.2. The first-order valence-electron chi connectivity index (χ1n) is 9.36. The number of nitrogens with zero attached hydrogens (tertiary/aromatic N) is 2. The highest BCUT2D eigenvalue weighted by molar-refractivity contribution is 7.93. The Balaban J connectivity index is 1.97. The van der Waals surface area contributed by atoms with E-state index in [2.05, 4.69) is 11.9 Å². The van der Waals surface area contributed by atoms with Crippen LogP contribution in [0, 0.1) is 5.82 Å². The normalized spacial score (nSPS) is 12.4. The molecule has 0 aliphatic heterocycles. The second-order valence-electron chi connectivity index (χ2n) is 6.66. The molecular formula is C22H20FN3OS2. The van der Waals surface area contributed by atoms with Crippen molar-refractivity contribution in [2.45, 2.75) is 24.0 Å². The summed E-state index contributed by atoms with van der Waals surface area (Å²) in [5.41, 5.74) is 9.46. The summed E-state index contributed by atoms with van der Waals surface area (Å²) in [5, 5.41) is 0.660. The molecule has 1 aromatic carbocycles. The maximum absolute atomic E-state index is 14.7. The molecule has 0 saturated carbocycles. The monoisotopic (exact) mass is 425 g/mol. The second-order valence-corrected chi connectivity index (χ2v) is 9.43. The van der Waals surface area contributed by atoms with Crippen LogP contribution < -0.4 is 5.73 Å². The second kappa shape index (κ2) is 8.49. The summed E-state index contributed by atoms with van der Waals surface area (Å²) in [6.07, 6.45) is 5.23. The third-order valence-corrected chi connectivity index (χ3v) is 7.67. The van der Waals surface area contributed by atoms with E-state index >= 15 is 0 Å². The molecule has 148 valence electrons. The minimum atomic E-state index is -1.20. The molecule has 0 fully saturated rings. The molecule has 4 nitrogen and oxygen atoms in total. The van der Waals surface area contributed by atoms with E-state index in [1.807, 2.05) is 18.2 Å². The van der Waals surface area contributed by atoms with Gasteiger partial charge in [0.15, 0.2) is 0 Å². The molecule has 1 atom stereocenters. The predicted octanol–water partition coefficient (Wildman–Crippen LogP) is 5.65. The van der Waals surface area contributed by atoms with Crippen molar-refractivity contribution in [2.24, 2.45) is 0 Å². The van der Waals surface area contributed by atoms with Crippen LogP contribution in [0.3, 0.4) is 0 Å². The van der Waals surface area contributed by atoms with Crippen LogP contribution >= 0.6 is 11.3 Å². The van der Waals surface area contributed by atoms with Crippen molar-refractivity contribution in [3.05, 3.63) is 60.7 Å². The van der Waals surface area contributed by atoms with Crippen LogP contribution in [-0.4, -0.2) is 20.3 Å². The molecule has 0 aliphatic rings. The SMILES string of the molecule is CCCC[S+]([O-])c1sc2nc(-c3cccnc3)cc(-c3ccccc3F)c2c1N. The predicted molar refractivity (Wildman–Crippen MR) is 119 cm³/mol. The van der Waals surface area contributed by atoms with E-state index < -0.39 is 11.2 Å². The van der Waals surface area contributed by atoms with Gasteiger partial charge in [0.25, 0.3) is 0 Å². The number of benzene rings is 1. The minimum absolute atomic E-state index is 0.337. The Morgan fingerprint density at radius 1 is 1.17 bits per heavy atom. The number of nitrogens with two attached hydrogens (primary N) is 1. The number of thiophene rings is 1. The molecule has 0 spiro atoms. The molecule has 3 heterocycles. The minimum Gasteiger partial charge on any atom is -0.611 e. The van der Waals surface area contributed by atoms with E-state index in [0.29, 0.717) is 42.7 Å². The summed E-state index contributed by atoms with van der Waals surface area (Å²) in [4.78, 5) is 9.56. The Morgan fingerprint density at radius 2 is 2.00 bits per heavy atom. The Hall–Kier alpha value is -2.48. The maximum atomic E-state index is 14.7. The van der Waals surface area contributed by atoms with Crippen LogP contribution in [0.15, 0.2) is 59.1 Å². The van der Waals surface area contributed by atoms with Gasteiger partial charge < -0.3 is 10.3 Å². The zero-order chi connectivity index (χ0) is 20.4. The van der Waals surface area contributed by atoms with Crippen LogP contribution in [0.2, 0.25) is 0 Å². The van der Waals surface area contributed by atoms with Crippen molar-refractivity contribution in [1.82, 2.24) is 9.97 Å². The van der Waals surface area contributed by atoms with Gasteiger partial charge in [0.2, 0.25) is 4.21 Å². The van der Waals surface area contributed by atoms with Crippen molar-refractivity contribution in [1.29, 1.82) is 0 Å². The van der Waals surface area contributed by atoms with E-state index in [1.54, 1.807) is 30.6 Å². The zero-order valence-electron chi connectivity index (χ0n) is 15.9. The summed E-state index contributed by atoms with van der Waals surface area (Å²) in [5.74, 6) is 0.217. The van der Waals surface area contributed by atoms with Gasteiger partial charge in [0, 0.05) is 28.9 Å². The highest BCUT2D eigenvalue weighted by Gasteiger charge is 2.25. The topological polar surface area (TPSA) is 74.9 Å². The molecule has 1 unspecified atom stereocenters. The highest BCUT2D eigenvalue weighted by atomic mass is 32.2. The van der Waals surface area contributed by atoms with Gasteiger partial charge in [0.05, 0.1) is 5.69 Å². The fraction of sp³-hybridized carbons (Fsp3) is 0.182. The first-order chi connectivity index (χ1) is 14.1. The molecule has 4 aromatic rings. The van der Waals surface area contributed by atoms with Gasteiger partial charge >= 0.3 is 0 Å². The number of rotatable bonds is 6. The van der Waals surface area contributed by atoms with Crippen molar-refractivity contribution in [3.8, 4) is 22.4 Å². The lowest BCUT2D eigenvalue weighted by Crippen LogP contribution is -2.06. The maximum Gasteiger partial charge on any atom is 0.232 e. The number of aromatic nitrogens is 2. The van der Waals surface area contributed by atoms with E-state index in [1.165, 1.54) is 17.4 Å². The average Bonchev–Trinajstić information content (AvgIpc) is 3.09. The Morgan fingerprint density at radius 3 is 2.72 bits per heavy atom. The first-order valence-corrected chi connectivity index (χ1v) is 11.5. The number of fused-ring (bicyclic) bond motifs is 1. The van der Waals surface area contributed by atoms with Gasteiger partial charge in [-0.05, 0) is 47.4 Å². The average molecular weight is 426 g/mol. The number of anilines is 1. The van der Waals surface area contributed by atoms with Crippen LogP contribution in [-0.2, 0) is 11.2 Å². The molecule has 4 rings (SSSR count). The van der Waals surface area contributed by atoms with Gasteiger partial charge in [-0.2, -0.15) is 0 Å².